The van der Waals surface area contributed by atoms with E-state index in [1.807, 2.05) is 13.0 Å². The summed E-state index contributed by atoms with van der Waals surface area (Å²) in [4.78, 5) is 25.4. The Labute approximate surface area is 106 Å². The fraction of sp³-hybridized carbons (Fsp3) is 0.385. The topological polar surface area (TPSA) is 58.6 Å². The van der Waals surface area contributed by atoms with Crippen LogP contribution >= 0.6 is 0 Å². The van der Waals surface area contributed by atoms with Crippen LogP contribution in [0.25, 0.3) is 0 Å². The van der Waals surface area contributed by atoms with Crippen LogP contribution in [0.2, 0.25) is 0 Å². The highest BCUT2D eigenvalue weighted by atomic mass is 16.5. The summed E-state index contributed by atoms with van der Waals surface area (Å²) in [6.45, 7) is 3.47. The molecule has 96 valence electrons. The number of anilines is 1. The van der Waals surface area contributed by atoms with E-state index in [4.69, 9.17) is 4.74 Å². The summed E-state index contributed by atoms with van der Waals surface area (Å²) in [5, 5.41) is 2.60. The lowest BCUT2D eigenvalue weighted by Gasteiger charge is -2.21. The molecular formula is C13H16N2O3. The number of nitrogens with one attached hydrogen (secondary N) is 1. The molecule has 1 aliphatic heterocycles. The summed E-state index contributed by atoms with van der Waals surface area (Å²) >= 11 is 0. The zero-order valence-electron chi connectivity index (χ0n) is 10.3. The molecule has 5 nitrogen and oxygen atoms in total. The Morgan fingerprint density at radius 1 is 1.33 bits per heavy atom. The van der Waals surface area contributed by atoms with Gasteiger partial charge in [-0.1, -0.05) is 12.1 Å². The molecule has 1 N–H and O–H groups in total. The van der Waals surface area contributed by atoms with Gasteiger partial charge in [0.15, 0.2) is 0 Å². The van der Waals surface area contributed by atoms with Gasteiger partial charge in [0.05, 0.1) is 24.4 Å². The molecular weight excluding hydrogens is 232 g/mol. The van der Waals surface area contributed by atoms with E-state index in [1.54, 1.807) is 23.1 Å². The second-order valence-electron chi connectivity index (χ2n) is 3.94. The number of para-hydroxylation sites is 1. The first-order chi connectivity index (χ1) is 8.74. The molecule has 1 aromatic carbocycles. The van der Waals surface area contributed by atoms with Crippen LogP contribution in [0.15, 0.2) is 24.3 Å². The van der Waals surface area contributed by atoms with Gasteiger partial charge in [0, 0.05) is 13.2 Å². The first-order valence-electron chi connectivity index (χ1n) is 5.99. The molecule has 2 amide bonds. The summed E-state index contributed by atoms with van der Waals surface area (Å²) < 4.78 is 5.27. The zero-order valence-corrected chi connectivity index (χ0v) is 10.3. The molecule has 0 fully saturated rings. The van der Waals surface area contributed by atoms with Gasteiger partial charge in [0.2, 0.25) is 5.91 Å². The van der Waals surface area contributed by atoms with Gasteiger partial charge in [0.1, 0.15) is 0 Å². The minimum Gasteiger partial charge on any atom is -0.380 e. The highest BCUT2D eigenvalue weighted by molar-refractivity contribution is 6.09. The quantitative estimate of drug-likeness (QED) is 0.802. The maximum Gasteiger partial charge on any atom is 0.253 e. The number of nitrogens with zero attached hydrogens (tertiary/aromatic N) is 1. The lowest BCUT2D eigenvalue weighted by Crippen LogP contribution is -2.38. The third-order valence-electron chi connectivity index (χ3n) is 2.80. The minimum absolute atomic E-state index is 0.0274. The molecule has 0 aliphatic carbocycles. The number of fused-ring (bicyclic) bond motifs is 1. The summed E-state index contributed by atoms with van der Waals surface area (Å²) in [6.07, 6.45) is 0. The van der Waals surface area contributed by atoms with Crippen molar-refractivity contribution in [2.75, 3.05) is 31.2 Å². The average molecular weight is 248 g/mol. The Kier molecular flexibility index (Phi) is 3.94. The Morgan fingerprint density at radius 2 is 2.11 bits per heavy atom. The predicted octanol–water partition coefficient (Wildman–Crippen LogP) is 0.799. The lowest BCUT2D eigenvalue weighted by molar-refractivity contribution is -0.117. The van der Waals surface area contributed by atoms with Gasteiger partial charge in [-0.2, -0.15) is 0 Å². The molecule has 1 aromatic rings. The van der Waals surface area contributed by atoms with Crippen molar-refractivity contribution in [2.24, 2.45) is 0 Å². The van der Waals surface area contributed by atoms with E-state index in [1.165, 1.54) is 0 Å². The molecule has 0 aromatic heterocycles. The van der Waals surface area contributed by atoms with Gasteiger partial charge >= 0.3 is 0 Å². The van der Waals surface area contributed by atoms with Crippen LogP contribution in [-0.4, -0.2) is 38.1 Å². The standard InChI is InChI=1S/C13H16N2O3/c1-2-18-8-7-15-11-6-4-3-5-10(11)13(17)14-9-12(15)16/h3-6H,2,7-9H2,1H3,(H,14,17). The highest BCUT2D eigenvalue weighted by Gasteiger charge is 2.25. The van der Waals surface area contributed by atoms with Crippen LogP contribution in [0.1, 0.15) is 17.3 Å². The van der Waals surface area contributed by atoms with Crippen LogP contribution in [0.3, 0.4) is 0 Å². The van der Waals surface area contributed by atoms with Gasteiger partial charge in [-0.15, -0.1) is 0 Å². The molecule has 0 bridgehead atoms. The van der Waals surface area contributed by atoms with Crippen LogP contribution in [0, 0.1) is 0 Å². The smallest absolute Gasteiger partial charge is 0.253 e. The molecule has 0 radical (unpaired) electrons. The maximum atomic E-state index is 12.0. The normalized spacial score (nSPS) is 15.1. The first-order valence-corrected chi connectivity index (χ1v) is 5.99. The highest BCUT2D eigenvalue weighted by Crippen LogP contribution is 2.22. The monoisotopic (exact) mass is 248 g/mol. The van der Waals surface area contributed by atoms with Crippen LogP contribution in [-0.2, 0) is 9.53 Å². The van der Waals surface area contributed by atoms with E-state index >= 15 is 0 Å². The fourth-order valence-corrected chi connectivity index (χ4v) is 1.93. The Hall–Kier alpha value is -1.88. The third kappa shape index (κ3) is 2.51. The van der Waals surface area contributed by atoms with Crippen LogP contribution in [0.4, 0.5) is 5.69 Å². The zero-order chi connectivity index (χ0) is 13.0. The molecule has 1 aliphatic rings. The largest absolute Gasteiger partial charge is 0.380 e. The third-order valence-corrected chi connectivity index (χ3v) is 2.80. The lowest BCUT2D eigenvalue weighted by atomic mass is 10.1. The van der Waals surface area contributed by atoms with Crippen molar-refractivity contribution in [3.8, 4) is 0 Å². The number of carbonyl (C=O) groups excluding carboxylic acids is 2. The molecule has 0 unspecified atom stereocenters. The number of rotatable bonds is 4. The van der Waals surface area contributed by atoms with Crippen molar-refractivity contribution in [2.45, 2.75) is 6.92 Å². The fourth-order valence-electron chi connectivity index (χ4n) is 1.93. The van der Waals surface area contributed by atoms with Crippen molar-refractivity contribution >= 4 is 17.5 Å². The minimum atomic E-state index is -0.210. The van der Waals surface area contributed by atoms with Crippen molar-refractivity contribution in [1.29, 1.82) is 0 Å². The molecule has 0 saturated heterocycles. The maximum absolute atomic E-state index is 12.0. The van der Waals surface area contributed by atoms with Crippen molar-refractivity contribution in [3.05, 3.63) is 29.8 Å². The first kappa shape index (κ1) is 12.6. The van der Waals surface area contributed by atoms with Gasteiger partial charge in [-0.25, -0.2) is 0 Å². The number of carbonyl (C=O) groups is 2. The van der Waals surface area contributed by atoms with Crippen molar-refractivity contribution in [1.82, 2.24) is 5.32 Å². The van der Waals surface area contributed by atoms with E-state index in [9.17, 15) is 9.59 Å². The van der Waals surface area contributed by atoms with Gasteiger partial charge in [-0.3, -0.25) is 9.59 Å². The van der Waals surface area contributed by atoms with E-state index in [0.29, 0.717) is 31.0 Å². The average Bonchev–Trinajstić information content (AvgIpc) is 2.51. The summed E-state index contributed by atoms with van der Waals surface area (Å²) in [6, 6.07) is 7.11. The Morgan fingerprint density at radius 3 is 2.89 bits per heavy atom. The van der Waals surface area contributed by atoms with E-state index in [-0.39, 0.29) is 18.4 Å². The number of amides is 2. The molecule has 2 rings (SSSR count). The molecule has 0 spiro atoms. The molecule has 0 saturated carbocycles. The number of hydrogen-bond acceptors (Lipinski definition) is 3. The van der Waals surface area contributed by atoms with Crippen LogP contribution < -0.4 is 10.2 Å². The summed E-state index contributed by atoms with van der Waals surface area (Å²) in [5.41, 5.74) is 1.18. The van der Waals surface area contributed by atoms with Gasteiger partial charge < -0.3 is 15.0 Å². The second-order valence-corrected chi connectivity index (χ2v) is 3.94. The number of hydrogen-bond donors (Lipinski definition) is 1. The Bertz CT molecular complexity index is 459. The Balaban J connectivity index is 2.28. The van der Waals surface area contributed by atoms with E-state index in [2.05, 4.69) is 5.32 Å². The van der Waals surface area contributed by atoms with E-state index < -0.39 is 0 Å². The molecule has 0 atom stereocenters. The molecule has 1 heterocycles. The van der Waals surface area contributed by atoms with Gasteiger partial charge in [-0.05, 0) is 19.1 Å². The van der Waals surface area contributed by atoms with Crippen molar-refractivity contribution in [3.63, 3.8) is 0 Å². The van der Waals surface area contributed by atoms with Crippen molar-refractivity contribution < 1.29 is 14.3 Å². The SMILES string of the molecule is CCOCCN1C(=O)CNC(=O)c2ccccc21. The second kappa shape index (κ2) is 5.64. The summed E-state index contributed by atoms with van der Waals surface area (Å²) in [7, 11) is 0. The molecule has 18 heavy (non-hydrogen) atoms. The molecule has 5 heteroatoms. The van der Waals surface area contributed by atoms with Gasteiger partial charge in [0.25, 0.3) is 5.91 Å². The van der Waals surface area contributed by atoms with E-state index in [0.717, 1.165) is 0 Å². The predicted molar refractivity (Wildman–Crippen MR) is 67.6 cm³/mol. The van der Waals surface area contributed by atoms with Crippen LogP contribution in [0.5, 0.6) is 0 Å². The summed E-state index contributed by atoms with van der Waals surface area (Å²) in [5.74, 6) is -0.328. The number of ether oxygens (including phenoxy) is 1. The number of benzene rings is 1.